The van der Waals surface area contributed by atoms with Crippen molar-refractivity contribution in [3.05, 3.63) is 34.9 Å². The first kappa shape index (κ1) is 13.1. The van der Waals surface area contributed by atoms with Crippen LogP contribution in [0.3, 0.4) is 0 Å². The summed E-state index contributed by atoms with van der Waals surface area (Å²) in [5.74, 6) is -0.715. The van der Waals surface area contributed by atoms with Crippen molar-refractivity contribution in [2.75, 3.05) is 0 Å². The Balaban J connectivity index is 2.91. The van der Waals surface area contributed by atoms with E-state index in [1.165, 1.54) is 6.92 Å². The van der Waals surface area contributed by atoms with Crippen molar-refractivity contribution < 1.29 is 13.9 Å². The number of aliphatic hydroxyl groups is 1. The predicted molar refractivity (Wildman–Crippen MR) is 60.1 cm³/mol. The number of hydrogen-bond donors (Lipinski definition) is 1. The molecule has 0 fully saturated rings. The zero-order valence-corrected chi connectivity index (χ0v) is 9.93. The van der Waals surface area contributed by atoms with Gasteiger partial charge in [-0.2, -0.15) is 0 Å². The fourth-order valence-corrected chi connectivity index (χ4v) is 1.59. The van der Waals surface area contributed by atoms with Crippen LogP contribution in [0, 0.1) is 24.5 Å². The first-order chi connectivity index (χ1) is 7.45. The Kier molecular flexibility index (Phi) is 4.42. The lowest BCUT2D eigenvalue weighted by Gasteiger charge is -2.16. The molecule has 2 atom stereocenters. The molecule has 0 spiro atoms. The van der Waals surface area contributed by atoms with Crippen molar-refractivity contribution in [3.63, 3.8) is 0 Å². The van der Waals surface area contributed by atoms with Crippen LogP contribution < -0.4 is 0 Å². The Labute approximate surface area is 95.1 Å². The van der Waals surface area contributed by atoms with E-state index in [1.54, 1.807) is 0 Å². The van der Waals surface area contributed by atoms with Gasteiger partial charge >= 0.3 is 0 Å². The van der Waals surface area contributed by atoms with E-state index in [0.29, 0.717) is 12.3 Å². The number of halogens is 2. The van der Waals surface area contributed by atoms with Crippen LogP contribution in [0.4, 0.5) is 8.78 Å². The van der Waals surface area contributed by atoms with Gasteiger partial charge in [0.25, 0.3) is 0 Å². The van der Waals surface area contributed by atoms with E-state index in [0.717, 1.165) is 18.6 Å². The molecule has 16 heavy (non-hydrogen) atoms. The summed E-state index contributed by atoms with van der Waals surface area (Å²) in [7, 11) is 0. The average molecular weight is 228 g/mol. The van der Waals surface area contributed by atoms with Gasteiger partial charge in [-0.1, -0.05) is 20.3 Å². The molecule has 1 aromatic rings. The normalized spacial score (nSPS) is 14.9. The molecule has 0 aromatic heterocycles. The van der Waals surface area contributed by atoms with E-state index in [9.17, 15) is 13.9 Å². The van der Waals surface area contributed by atoms with Gasteiger partial charge in [0, 0.05) is 5.56 Å². The van der Waals surface area contributed by atoms with Crippen LogP contribution in [0.1, 0.15) is 43.9 Å². The standard InChI is InChI=1S/C13H18F2O/c1-4-8(2)5-13(16)10-7-11(14)9(3)6-12(10)15/h6-8,13,16H,4-5H2,1-3H3. The topological polar surface area (TPSA) is 20.2 Å². The van der Waals surface area contributed by atoms with Crippen molar-refractivity contribution in [3.8, 4) is 0 Å². The fourth-order valence-electron chi connectivity index (χ4n) is 1.59. The van der Waals surface area contributed by atoms with Gasteiger partial charge in [0.05, 0.1) is 6.10 Å². The monoisotopic (exact) mass is 228 g/mol. The van der Waals surface area contributed by atoms with E-state index in [1.807, 2.05) is 13.8 Å². The Morgan fingerprint density at radius 2 is 1.88 bits per heavy atom. The highest BCUT2D eigenvalue weighted by atomic mass is 19.1. The molecule has 0 heterocycles. The summed E-state index contributed by atoms with van der Waals surface area (Å²) in [5.41, 5.74) is 0.320. The number of aryl methyl sites for hydroxylation is 1. The summed E-state index contributed by atoms with van der Waals surface area (Å²) >= 11 is 0. The van der Waals surface area contributed by atoms with Crippen molar-refractivity contribution >= 4 is 0 Å². The first-order valence-electron chi connectivity index (χ1n) is 5.59. The summed E-state index contributed by atoms with van der Waals surface area (Å²) in [6.07, 6.45) is 0.438. The second-order valence-corrected chi connectivity index (χ2v) is 4.39. The van der Waals surface area contributed by atoms with Crippen LogP contribution in [0.5, 0.6) is 0 Å². The number of hydrogen-bond acceptors (Lipinski definition) is 1. The quantitative estimate of drug-likeness (QED) is 0.832. The molecular weight excluding hydrogens is 210 g/mol. The summed E-state index contributed by atoms with van der Waals surface area (Å²) in [6.45, 7) is 5.48. The zero-order valence-electron chi connectivity index (χ0n) is 9.93. The lowest BCUT2D eigenvalue weighted by Crippen LogP contribution is -2.07. The number of rotatable bonds is 4. The number of aliphatic hydroxyl groups excluding tert-OH is 1. The minimum Gasteiger partial charge on any atom is -0.388 e. The third-order valence-electron chi connectivity index (χ3n) is 2.96. The van der Waals surface area contributed by atoms with Gasteiger partial charge < -0.3 is 5.11 Å². The molecule has 0 saturated heterocycles. The van der Waals surface area contributed by atoms with Crippen LogP contribution >= 0.6 is 0 Å². The molecule has 90 valence electrons. The molecule has 2 unspecified atom stereocenters. The summed E-state index contributed by atoms with van der Waals surface area (Å²) in [6, 6.07) is 2.22. The molecule has 1 rings (SSSR count). The largest absolute Gasteiger partial charge is 0.388 e. The molecule has 3 heteroatoms. The van der Waals surface area contributed by atoms with Crippen LogP contribution in [0.25, 0.3) is 0 Å². The molecule has 1 aromatic carbocycles. The van der Waals surface area contributed by atoms with Gasteiger partial charge in [0.1, 0.15) is 11.6 Å². The molecule has 1 N–H and O–H groups in total. The summed E-state index contributed by atoms with van der Waals surface area (Å²) in [5, 5.41) is 9.81. The van der Waals surface area contributed by atoms with Crippen molar-refractivity contribution in [1.29, 1.82) is 0 Å². The second kappa shape index (κ2) is 5.39. The molecule has 0 amide bonds. The van der Waals surface area contributed by atoms with Gasteiger partial charge in [-0.25, -0.2) is 8.78 Å². The molecule has 0 aliphatic heterocycles. The Hall–Kier alpha value is -0.960. The number of benzene rings is 1. The van der Waals surface area contributed by atoms with E-state index < -0.39 is 17.7 Å². The van der Waals surface area contributed by atoms with E-state index in [2.05, 4.69) is 0 Å². The molecule has 0 aliphatic rings. The molecule has 0 aliphatic carbocycles. The molecule has 0 bridgehead atoms. The van der Waals surface area contributed by atoms with Crippen LogP contribution in [-0.2, 0) is 0 Å². The lowest BCUT2D eigenvalue weighted by atomic mass is 9.95. The van der Waals surface area contributed by atoms with Gasteiger partial charge in [-0.3, -0.25) is 0 Å². The third-order valence-corrected chi connectivity index (χ3v) is 2.96. The summed E-state index contributed by atoms with van der Waals surface area (Å²) in [4.78, 5) is 0. The first-order valence-corrected chi connectivity index (χ1v) is 5.59. The Morgan fingerprint density at radius 1 is 1.25 bits per heavy atom. The van der Waals surface area contributed by atoms with Crippen molar-refractivity contribution in [2.24, 2.45) is 5.92 Å². The Morgan fingerprint density at radius 3 is 2.44 bits per heavy atom. The van der Waals surface area contributed by atoms with Crippen LogP contribution in [-0.4, -0.2) is 5.11 Å². The predicted octanol–water partition coefficient (Wildman–Crippen LogP) is 3.74. The molecule has 0 radical (unpaired) electrons. The van der Waals surface area contributed by atoms with E-state index in [4.69, 9.17) is 0 Å². The maximum atomic E-state index is 13.5. The van der Waals surface area contributed by atoms with Crippen molar-refractivity contribution in [1.82, 2.24) is 0 Å². The van der Waals surface area contributed by atoms with Crippen molar-refractivity contribution in [2.45, 2.75) is 39.7 Å². The maximum Gasteiger partial charge on any atom is 0.129 e. The fraction of sp³-hybridized carbons (Fsp3) is 0.538. The molecular formula is C13H18F2O. The SMILES string of the molecule is CCC(C)CC(O)c1cc(F)c(C)cc1F. The van der Waals surface area contributed by atoms with Crippen LogP contribution in [0.15, 0.2) is 12.1 Å². The average Bonchev–Trinajstić information content (AvgIpc) is 2.23. The van der Waals surface area contributed by atoms with Crippen LogP contribution in [0.2, 0.25) is 0 Å². The third kappa shape index (κ3) is 3.01. The Bertz CT molecular complexity index is 363. The van der Waals surface area contributed by atoms with E-state index >= 15 is 0 Å². The highest BCUT2D eigenvalue weighted by molar-refractivity contribution is 5.26. The smallest absolute Gasteiger partial charge is 0.129 e. The minimum absolute atomic E-state index is 0.0587. The van der Waals surface area contributed by atoms with Gasteiger partial charge in [-0.05, 0) is 37.0 Å². The van der Waals surface area contributed by atoms with Gasteiger partial charge in [-0.15, -0.1) is 0 Å². The molecule has 1 nitrogen and oxygen atoms in total. The maximum absolute atomic E-state index is 13.5. The van der Waals surface area contributed by atoms with Gasteiger partial charge in [0.15, 0.2) is 0 Å². The zero-order chi connectivity index (χ0) is 12.3. The lowest BCUT2D eigenvalue weighted by molar-refractivity contribution is 0.142. The highest BCUT2D eigenvalue weighted by Crippen LogP contribution is 2.26. The van der Waals surface area contributed by atoms with E-state index in [-0.39, 0.29) is 11.1 Å². The highest BCUT2D eigenvalue weighted by Gasteiger charge is 2.17. The molecule has 0 saturated carbocycles. The summed E-state index contributed by atoms with van der Waals surface area (Å²) < 4.78 is 26.8. The second-order valence-electron chi connectivity index (χ2n) is 4.39. The van der Waals surface area contributed by atoms with Gasteiger partial charge in [0.2, 0.25) is 0 Å². The minimum atomic E-state index is -0.926.